The third-order valence-corrected chi connectivity index (χ3v) is 0.563. The summed E-state index contributed by atoms with van der Waals surface area (Å²) >= 11 is 0. The molecule has 0 aliphatic carbocycles. The largest absolute Gasteiger partial charge is 0.219 e. The predicted octanol–water partition coefficient (Wildman–Crippen LogP) is 0.790. The fourth-order valence-corrected chi connectivity index (χ4v) is 0.219. The Labute approximate surface area is 62.9 Å². The van der Waals surface area contributed by atoms with E-state index in [-0.39, 0.29) is 0 Å². The van der Waals surface area contributed by atoms with E-state index in [4.69, 9.17) is 5.26 Å². The van der Waals surface area contributed by atoms with Crippen LogP contribution >= 0.6 is 0 Å². The highest BCUT2D eigenvalue weighted by Crippen LogP contribution is 1.93. The van der Waals surface area contributed by atoms with Crippen LogP contribution in [0.15, 0.2) is 0 Å². The molecule has 7 nitrogen and oxygen atoms in total. The minimum Gasteiger partial charge on any atom is -0.219 e. The molecule has 0 aromatic carbocycles. The molecule has 68 valence electrons. The van der Waals surface area contributed by atoms with Gasteiger partial charge in [-0.05, 0) is 31.1 Å². The highest BCUT2D eigenvalue weighted by Gasteiger charge is 1.95. The summed E-state index contributed by atoms with van der Waals surface area (Å²) in [6.45, 7) is 4.17. The molecule has 0 saturated heterocycles. The highest BCUT2D eigenvalue weighted by molar-refractivity contribution is 4.34. The first-order valence-electron chi connectivity index (χ1n) is 2.87. The maximum Gasteiger partial charge on any atom is 0.0877 e. The lowest BCUT2D eigenvalue weighted by atomic mass is 10.2. The molecule has 0 aromatic rings. The van der Waals surface area contributed by atoms with E-state index < -0.39 is 0 Å². The average Bonchev–Trinajstić information content (AvgIpc) is 1.96. The first-order chi connectivity index (χ1) is 5.27. The summed E-state index contributed by atoms with van der Waals surface area (Å²) in [4.78, 5) is 4.38. The van der Waals surface area contributed by atoms with E-state index in [1.165, 1.54) is 0 Å². The molecule has 0 atom stereocenters. The lowest BCUT2D eigenvalue weighted by molar-refractivity contribution is -0.787. The fraction of sp³-hybridized carbons (Fsp3) is 1.00. The van der Waals surface area contributed by atoms with Crippen molar-refractivity contribution in [3.8, 4) is 0 Å². The zero-order chi connectivity index (χ0) is 8.53. The molecule has 0 fully saturated rings. The van der Waals surface area contributed by atoms with Crippen LogP contribution in [0.25, 0.3) is 0 Å². The van der Waals surface area contributed by atoms with Gasteiger partial charge in [-0.1, -0.05) is 13.8 Å². The SMILES string of the molecule is CC(C)COOOOOOO. The van der Waals surface area contributed by atoms with Crippen LogP contribution in [0.2, 0.25) is 0 Å². The van der Waals surface area contributed by atoms with Crippen LogP contribution in [-0.4, -0.2) is 11.9 Å². The quantitative estimate of drug-likeness (QED) is 0.344. The van der Waals surface area contributed by atoms with Crippen LogP contribution in [0, 0.1) is 5.92 Å². The van der Waals surface area contributed by atoms with E-state index in [9.17, 15) is 0 Å². The van der Waals surface area contributed by atoms with Crippen LogP contribution in [0.1, 0.15) is 13.8 Å². The second-order valence-electron chi connectivity index (χ2n) is 2.03. The highest BCUT2D eigenvalue weighted by atomic mass is 17.9. The van der Waals surface area contributed by atoms with E-state index in [1.807, 2.05) is 13.8 Å². The number of hydrogen-bond donors (Lipinski definition) is 1. The van der Waals surface area contributed by atoms with E-state index in [1.54, 1.807) is 0 Å². The molecule has 0 bridgehead atoms. The van der Waals surface area contributed by atoms with Gasteiger partial charge in [0.2, 0.25) is 0 Å². The van der Waals surface area contributed by atoms with Gasteiger partial charge in [-0.2, -0.15) is 0 Å². The third kappa shape index (κ3) is 9.72. The van der Waals surface area contributed by atoms with Crippen LogP contribution in [-0.2, 0) is 30.1 Å². The van der Waals surface area contributed by atoms with Crippen molar-refractivity contribution in [2.24, 2.45) is 5.92 Å². The Kier molecular flexibility index (Phi) is 7.62. The van der Waals surface area contributed by atoms with Gasteiger partial charge in [0.15, 0.2) is 0 Å². The van der Waals surface area contributed by atoms with Crippen molar-refractivity contribution >= 4 is 0 Å². The number of rotatable bonds is 7. The van der Waals surface area contributed by atoms with Gasteiger partial charge in [-0.25, -0.2) is 10.1 Å². The summed E-state index contributed by atoms with van der Waals surface area (Å²) in [5.41, 5.74) is 0. The van der Waals surface area contributed by atoms with Crippen molar-refractivity contribution < 1.29 is 35.3 Å². The van der Waals surface area contributed by atoms with Crippen molar-refractivity contribution in [3.63, 3.8) is 0 Å². The molecule has 1 N–H and O–H groups in total. The minimum atomic E-state index is 0.300. The molecule has 0 aliphatic heterocycles. The molecule has 0 aliphatic rings. The standard InChI is InChI=1S/C4H10O7/c1-4(2)3-6-8-10-11-9-7-5/h4-5H,3H2,1-2H3. The fourth-order valence-electron chi connectivity index (χ4n) is 0.219. The van der Waals surface area contributed by atoms with Gasteiger partial charge < -0.3 is 0 Å². The Morgan fingerprint density at radius 3 is 2.27 bits per heavy atom. The predicted molar refractivity (Wildman–Crippen MR) is 28.8 cm³/mol. The molecule has 0 spiro atoms. The van der Waals surface area contributed by atoms with Gasteiger partial charge in [-0.15, -0.1) is 0 Å². The van der Waals surface area contributed by atoms with Gasteiger partial charge >= 0.3 is 0 Å². The van der Waals surface area contributed by atoms with Crippen molar-refractivity contribution in [1.82, 2.24) is 0 Å². The molecule has 0 amide bonds. The Balaban J connectivity index is 2.80. The summed E-state index contributed by atoms with van der Waals surface area (Å²) in [5, 5.41) is 25.0. The first kappa shape index (κ1) is 10.7. The Hall–Kier alpha value is -0.280. The molecule has 0 heterocycles. The zero-order valence-corrected chi connectivity index (χ0v) is 6.18. The molecule has 0 rings (SSSR count). The summed E-state index contributed by atoms with van der Waals surface area (Å²) in [7, 11) is 0. The van der Waals surface area contributed by atoms with Crippen LogP contribution in [0.4, 0.5) is 0 Å². The second kappa shape index (κ2) is 7.82. The second-order valence-corrected chi connectivity index (χ2v) is 2.03. The molecular formula is C4H10O7. The van der Waals surface area contributed by atoms with E-state index in [2.05, 4.69) is 30.1 Å². The normalized spacial score (nSPS) is 10.9. The summed E-state index contributed by atoms with van der Waals surface area (Å²) < 4.78 is 0. The molecule has 0 radical (unpaired) electrons. The van der Waals surface area contributed by atoms with Gasteiger partial charge in [-0.3, -0.25) is 0 Å². The van der Waals surface area contributed by atoms with E-state index >= 15 is 0 Å². The van der Waals surface area contributed by atoms with Crippen LogP contribution < -0.4 is 0 Å². The summed E-state index contributed by atoms with van der Waals surface area (Å²) in [6, 6.07) is 0. The minimum absolute atomic E-state index is 0.300. The zero-order valence-electron chi connectivity index (χ0n) is 6.18. The topological polar surface area (TPSA) is 75.6 Å². The molecule has 0 aromatic heterocycles. The van der Waals surface area contributed by atoms with Crippen molar-refractivity contribution in [1.29, 1.82) is 0 Å². The lowest BCUT2D eigenvalue weighted by Gasteiger charge is -2.01. The summed E-state index contributed by atoms with van der Waals surface area (Å²) in [6.07, 6.45) is 0. The average molecular weight is 170 g/mol. The molecule has 0 saturated carbocycles. The van der Waals surface area contributed by atoms with Crippen LogP contribution in [0.3, 0.4) is 0 Å². The lowest BCUT2D eigenvalue weighted by Crippen LogP contribution is -2.04. The number of hydrogen-bond acceptors (Lipinski definition) is 7. The van der Waals surface area contributed by atoms with Gasteiger partial charge in [0, 0.05) is 0 Å². The molecule has 11 heavy (non-hydrogen) atoms. The third-order valence-electron chi connectivity index (χ3n) is 0.563. The van der Waals surface area contributed by atoms with Gasteiger partial charge in [0.1, 0.15) is 0 Å². The molecule has 0 unspecified atom stereocenters. The van der Waals surface area contributed by atoms with Crippen molar-refractivity contribution in [3.05, 3.63) is 0 Å². The van der Waals surface area contributed by atoms with Gasteiger partial charge in [0.25, 0.3) is 0 Å². The smallest absolute Gasteiger partial charge is 0.0877 e. The monoisotopic (exact) mass is 170 g/mol. The maximum absolute atomic E-state index is 7.49. The van der Waals surface area contributed by atoms with Crippen molar-refractivity contribution in [2.45, 2.75) is 13.8 Å². The van der Waals surface area contributed by atoms with Crippen LogP contribution in [0.5, 0.6) is 0 Å². The Morgan fingerprint density at radius 2 is 1.73 bits per heavy atom. The van der Waals surface area contributed by atoms with Crippen molar-refractivity contribution in [2.75, 3.05) is 6.61 Å². The first-order valence-corrected chi connectivity index (χ1v) is 2.87. The van der Waals surface area contributed by atoms with Gasteiger partial charge in [0.05, 0.1) is 6.61 Å². The molecular weight excluding hydrogens is 160 g/mol. The Bertz CT molecular complexity index is 74.8. The van der Waals surface area contributed by atoms with E-state index in [0.717, 1.165) is 0 Å². The molecule has 7 heteroatoms. The Morgan fingerprint density at radius 1 is 1.09 bits per heavy atom. The summed E-state index contributed by atoms with van der Waals surface area (Å²) in [5.74, 6) is 0.300. The van der Waals surface area contributed by atoms with E-state index in [0.29, 0.717) is 12.5 Å². The maximum atomic E-state index is 7.49.